The van der Waals surface area contributed by atoms with E-state index in [1.54, 1.807) is 10.6 Å². The summed E-state index contributed by atoms with van der Waals surface area (Å²) in [4.78, 5) is 26.2. The largest absolute Gasteiger partial charge is 0.325 e. The van der Waals surface area contributed by atoms with E-state index in [0.29, 0.717) is 33.4 Å². The number of carbonyl (C=O) groups excluding carboxylic acids is 1. The van der Waals surface area contributed by atoms with Crippen molar-refractivity contribution in [1.29, 1.82) is 0 Å². The van der Waals surface area contributed by atoms with Crippen molar-refractivity contribution in [2.75, 3.05) is 11.1 Å². The fraction of sp³-hybridized carbons (Fsp3) is 0.185. The molecule has 2 heterocycles. The first kappa shape index (κ1) is 22.9. The van der Waals surface area contributed by atoms with Crippen LogP contribution in [0.5, 0.6) is 0 Å². The zero-order chi connectivity index (χ0) is 24.4. The van der Waals surface area contributed by atoms with Crippen LogP contribution in [0.3, 0.4) is 0 Å². The van der Waals surface area contributed by atoms with Crippen molar-refractivity contribution in [1.82, 2.24) is 19.2 Å². The Labute approximate surface area is 206 Å². The lowest BCUT2D eigenvalue weighted by Gasteiger charge is -2.15. The number of carbonyl (C=O) groups is 1. The van der Waals surface area contributed by atoms with Gasteiger partial charge in [0.15, 0.2) is 5.16 Å². The van der Waals surface area contributed by atoms with E-state index in [1.807, 2.05) is 71.1 Å². The molecule has 35 heavy (non-hydrogen) atoms. The standard InChI is InChI=1S/C27H25N5O2S/c1-3-18(2)20-13-7-9-15-22(20)28-24(33)17-35-27-30-29-26-31(19-11-5-4-6-12-19)25(34)21-14-8-10-16-23(21)32(26)27/h4-16,18H,3,17H2,1-2H3,(H,28,33). The summed E-state index contributed by atoms with van der Waals surface area (Å²) in [5, 5.41) is 12.8. The minimum Gasteiger partial charge on any atom is -0.325 e. The zero-order valence-electron chi connectivity index (χ0n) is 19.5. The predicted octanol–water partition coefficient (Wildman–Crippen LogP) is 5.28. The summed E-state index contributed by atoms with van der Waals surface area (Å²) in [5.41, 5.74) is 3.20. The number of nitrogens with one attached hydrogen (secondary N) is 1. The quantitative estimate of drug-likeness (QED) is 0.319. The number of hydrogen-bond acceptors (Lipinski definition) is 5. The maximum Gasteiger partial charge on any atom is 0.267 e. The van der Waals surface area contributed by atoms with Gasteiger partial charge in [-0.15, -0.1) is 10.2 Å². The first-order valence-corrected chi connectivity index (χ1v) is 12.5. The molecule has 0 fully saturated rings. The van der Waals surface area contributed by atoms with E-state index in [-0.39, 0.29) is 17.2 Å². The molecular formula is C27H25N5O2S. The van der Waals surface area contributed by atoms with E-state index in [1.165, 1.54) is 11.8 Å². The summed E-state index contributed by atoms with van der Waals surface area (Å²) in [7, 11) is 0. The molecule has 0 bridgehead atoms. The van der Waals surface area contributed by atoms with Gasteiger partial charge in [0.1, 0.15) is 0 Å². The smallest absolute Gasteiger partial charge is 0.267 e. The molecule has 0 aliphatic carbocycles. The molecule has 0 spiro atoms. The van der Waals surface area contributed by atoms with Gasteiger partial charge in [0.25, 0.3) is 5.56 Å². The summed E-state index contributed by atoms with van der Waals surface area (Å²) in [6.07, 6.45) is 0.990. The van der Waals surface area contributed by atoms with E-state index < -0.39 is 0 Å². The first-order chi connectivity index (χ1) is 17.1. The third kappa shape index (κ3) is 4.33. The Morgan fingerprint density at radius 1 is 0.971 bits per heavy atom. The van der Waals surface area contributed by atoms with Crippen molar-refractivity contribution in [3.63, 3.8) is 0 Å². The predicted molar refractivity (Wildman–Crippen MR) is 141 cm³/mol. The number of amides is 1. The molecule has 1 atom stereocenters. The SMILES string of the molecule is CCC(C)c1ccccc1NC(=O)CSc1nnc2n(-c3ccccc3)c(=O)c3ccccc3n12. The van der Waals surface area contributed by atoms with Gasteiger partial charge in [-0.25, -0.2) is 4.57 Å². The van der Waals surface area contributed by atoms with Gasteiger partial charge < -0.3 is 5.32 Å². The number of nitrogens with zero attached hydrogens (tertiary/aromatic N) is 4. The summed E-state index contributed by atoms with van der Waals surface area (Å²) in [6, 6.07) is 24.7. The lowest BCUT2D eigenvalue weighted by atomic mass is 9.97. The van der Waals surface area contributed by atoms with E-state index >= 15 is 0 Å². The minimum absolute atomic E-state index is 0.122. The van der Waals surface area contributed by atoms with Crippen LogP contribution >= 0.6 is 11.8 Å². The number of hydrogen-bond donors (Lipinski definition) is 1. The molecule has 8 heteroatoms. The van der Waals surface area contributed by atoms with Gasteiger partial charge in [-0.1, -0.05) is 74.1 Å². The summed E-state index contributed by atoms with van der Waals surface area (Å²) in [5.74, 6) is 0.794. The number of para-hydroxylation sites is 3. The maximum atomic E-state index is 13.3. The minimum atomic E-state index is -0.164. The van der Waals surface area contributed by atoms with Crippen LogP contribution in [0.2, 0.25) is 0 Å². The number of thioether (sulfide) groups is 1. The van der Waals surface area contributed by atoms with Crippen LogP contribution in [0, 0.1) is 0 Å². The van der Waals surface area contributed by atoms with Gasteiger partial charge in [0.2, 0.25) is 11.7 Å². The van der Waals surface area contributed by atoms with Crippen molar-refractivity contribution < 1.29 is 4.79 Å². The van der Waals surface area contributed by atoms with Crippen molar-refractivity contribution >= 4 is 40.0 Å². The van der Waals surface area contributed by atoms with Crippen molar-refractivity contribution in [3.8, 4) is 5.69 Å². The van der Waals surface area contributed by atoms with Crippen LogP contribution < -0.4 is 10.9 Å². The Balaban J connectivity index is 1.49. The van der Waals surface area contributed by atoms with Crippen LogP contribution in [0.15, 0.2) is 88.8 Å². The molecule has 3 aromatic carbocycles. The van der Waals surface area contributed by atoms with Crippen LogP contribution in [-0.2, 0) is 4.79 Å². The average Bonchev–Trinajstić information content (AvgIpc) is 3.32. The Morgan fingerprint density at radius 2 is 1.69 bits per heavy atom. The normalized spacial score (nSPS) is 12.2. The van der Waals surface area contributed by atoms with Gasteiger partial charge >= 0.3 is 0 Å². The molecule has 1 amide bonds. The van der Waals surface area contributed by atoms with Crippen LogP contribution in [0.1, 0.15) is 31.7 Å². The average molecular weight is 484 g/mol. The molecule has 5 rings (SSSR count). The van der Waals surface area contributed by atoms with E-state index in [0.717, 1.165) is 17.7 Å². The first-order valence-electron chi connectivity index (χ1n) is 11.5. The topological polar surface area (TPSA) is 81.3 Å². The second-order valence-electron chi connectivity index (χ2n) is 8.34. The van der Waals surface area contributed by atoms with Gasteiger partial charge in [-0.2, -0.15) is 0 Å². The summed E-state index contributed by atoms with van der Waals surface area (Å²) < 4.78 is 3.40. The Kier molecular flexibility index (Phi) is 6.37. The second-order valence-corrected chi connectivity index (χ2v) is 9.29. The zero-order valence-corrected chi connectivity index (χ0v) is 20.3. The number of benzene rings is 3. The van der Waals surface area contributed by atoms with Crippen LogP contribution in [0.25, 0.3) is 22.4 Å². The molecule has 176 valence electrons. The van der Waals surface area contributed by atoms with Crippen molar-refractivity contribution in [2.45, 2.75) is 31.3 Å². The van der Waals surface area contributed by atoms with Crippen LogP contribution in [0.4, 0.5) is 5.69 Å². The highest BCUT2D eigenvalue weighted by Gasteiger charge is 2.19. The van der Waals surface area contributed by atoms with Gasteiger partial charge in [-0.3, -0.25) is 14.0 Å². The van der Waals surface area contributed by atoms with Gasteiger partial charge in [-0.05, 0) is 48.2 Å². The molecule has 2 aromatic heterocycles. The molecular weight excluding hydrogens is 458 g/mol. The van der Waals surface area contributed by atoms with Gasteiger partial charge in [0.05, 0.1) is 22.3 Å². The number of rotatable bonds is 7. The highest BCUT2D eigenvalue weighted by Crippen LogP contribution is 2.27. The number of aromatic nitrogens is 4. The monoisotopic (exact) mass is 483 g/mol. The van der Waals surface area contributed by atoms with Crippen molar-refractivity contribution in [2.24, 2.45) is 0 Å². The lowest BCUT2D eigenvalue weighted by molar-refractivity contribution is -0.113. The Bertz CT molecular complexity index is 1580. The molecule has 0 saturated heterocycles. The summed E-state index contributed by atoms with van der Waals surface area (Å²) >= 11 is 1.29. The molecule has 0 aliphatic rings. The second kappa shape index (κ2) is 9.76. The maximum absolute atomic E-state index is 13.3. The van der Waals surface area contributed by atoms with E-state index in [4.69, 9.17) is 0 Å². The van der Waals surface area contributed by atoms with Crippen molar-refractivity contribution in [3.05, 3.63) is 94.8 Å². The molecule has 0 aliphatic heterocycles. The molecule has 0 radical (unpaired) electrons. The van der Waals surface area contributed by atoms with Gasteiger partial charge in [0, 0.05) is 5.69 Å². The third-order valence-corrected chi connectivity index (χ3v) is 7.05. The molecule has 1 N–H and O–H groups in total. The molecule has 1 unspecified atom stereocenters. The molecule has 0 saturated carbocycles. The highest BCUT2D eigenvalue weighted by atomic mass is 32.2. The van der Waals surface area contributed by atoms with Crippen LogP contribution in [-0.4, -0.2) is 30.8 Å². The highest BCUT2D eigenvalue weighted by molar-refractivity contribution is 7.99. The summed E-state index contributed by atoms with van der Waals surface area (Å²) in [6.45, 7) is 4.29. The Hall–Kier alpha value is -3.91. The third-order valence-electron chi connectivity index (χ3n) is 6.12. The lowest BCUT2D eigenvalue weighted by Crippen LogP contribution is -2.22. The van der Waals surface area contributed by atoms with E-state index in [2.05, 4.69) is 35.4 Å². The number of fused-ring (bicyclic) bond motifs is 3. The Morgan fingerprint density at radius 3 is 2.49 bits per heavy atom. The molecule has 7 nitrogen and oxygen atoms in total. The fourth-order valence-corrected chi connectivity index (χ4v) is 4.90. The molecule has 5 aromatic rings. The fourth-order valence-electron chi connectivity index (χ4n) is 4.16. The van der Waals surface area contributed by atoms with E-state index in [9.17, 15) is 9.59 Å². The number of anilines is 1.